The first-order valence-electron chi connectivity index (χ1n) is 11.3. The zero-order valence-electron chi connectivity index (χ0n) is 19.7. The van der Waals surface area contributed by atoms with Crippen LogP contribution in [0.1, 0.15) is 50.7 Å². The van der Waals surface area contributed by atoms with Crippen LogP contribution in [0.3, 0.4) is 0 Å². The monoisotopic (exact) mass is 468 g/mol. The van der Waals surface area contributed by atoms with E-state index in [0.717, 1.165) is 22.3 Å². The minimum Gasteiger partial charge on any atom is -0.479 e. The fraction of sp³-hybridized carbons (Fsp3) is 0.423. The fourth-order valence-corrected chi connectivity index (χ4v) is 4.30. The van der Waals surface area contributed by atoms with Gasteiger partial charge in [0.05, 0.1) is 5.92 Å². The predicted molar refractivity (Wildman–Crippen MR) is 127 cm³/mol. The van der Waals surface area contributed by atoms with E-state index in [1.807, 2.05) is 48.5 Å². The lowest BCUT2D eigenvalue weighted by atomic mass is 9.81. The molecule has 0 aromatic heterocycles. The number of rotatable bonds is 9. The molecule has 2 aromatic carbocycles. The number of carbonyl (C=O) groups excluding carboxylic acids is 2. The van der Waals surface area contributed by atoms with Crippen molar-refractivity contribution in [3.8, 4) is 11.1 Å². The summed E-state index contributed by atoms with van der Waals surface area (Å²) < 4.78 is 10.9. The summed E-state index contributed by atoms with van der Waals surface area (Å²) in [6.07, 6.45) is 0.249. The summed E-state index contributed by atoms with van der Waals surface area (Å²) in [7, 11) is 0. The Morgan fingerprint density at radius 3 is 2.00 bits per heavy atom. The van der Waals surface area contributed by atoms with Gasteiger partial charge < -0.3 is 26.0 Å². The molecule has 0 aliphatic heterocycles. The van der Waals surface area contributed by atoms with Crippen LogP contribution >= 0.6 is 0 Å². The molecule has 0 spiro atoms. The molecule has 8 nitrogen and oxygen atoms in total. The Bertz CT molecular complexity index is 1030. The largest absolute Gasteiger partial charge is 0.479 e. The van der Waals surface area contributed by atoms with Gasteiger partial charge >= 0.3 is 17.9 Å². The molecule has 0 heterocycles. The Morgan fingerprint density at radius 2 is 1.53 bits per heavy atom. The molecule has 1 aliphatic rings. The average molecular weight is 469 g/mol. The van der Waals surface area contributed by atoms with Gasteiger partial charge in [0.1, 0.15) is 12.2 Å². The van der Waals surface area contributed by atoms with Crippen molar-refractivity contribution in [2.45, 2.75) is 50.7 Å². The smallest absolute Gasteiger partial charge is 0.339 e. The lowest BCUT2D eigenvalue weighted by Gasteiger charge is -2.33. The third-order valence-corrected chi connectivity index (χ3v) is 5.98. The van der Waals surface area contributed by atoms with Crippen molar-refractivity contribution in [3.63, 3.8) is 0 Å². The lowest BCUT2D eigenvalue weighted by Crippen LogP contribution is -2.64. The number of esters is 2. The molecule has 0 bridgehead atoms. The molecular weight excluding hydrogens is 436 g/mol. The number of hydrogen-bond donors (Lipinski definition) is 3. The summed E-state index contributed by atoms with van der Waals surface area (Å²) in [5.74, 6) is -5.40. The number of hydrogen-bond acceptors (Lipinski definition) is 7. The number of carboxylic acids is 1. The van der Waals surface area contributed by atoms with Gasteiger partial charge in [0, 0.05) is 5.92 Å². The van der Waals surface area contributed by atoms with Crippen LogP contribution in [-0.4, -0.2) is 47.3 Å². The van der Waals surface area contributed by atoms with Gasteiger partial charge in [0.15, 0.2) is 0 Å². The van der Waals surface area contributed by atoms with E-state index in [-0.39, 0.29) is 31.9 Å². The van der Waals surface area contributed by atoms with Crippen LogP contribution in [0.15, 0.2) is 48.5 Å². The summed E-state index contributed by atoms with van der Waals surface area (Å²) in [6.45, 7) is 4.95. The Morgan fingerprint density at radius 1 is 1.00 bits per heavy atom. The lowest BCUT2D eigenvalue weighted by molar-refractivity contribution is -0.178. The van der Waals surface area contributed by atoms with Crippen molar-refractivity contribution in [2.24, 2.45) is 17.4 Å². The first-order valence-corrected chi connectivity index (χ1v) is 11.3. The van der Waals surface area contributed by atoms with Gasteiger partial charge in [-0.15, -0.1) is 0 Å². The minimum absolute atomic E-state index is 0.0179. The van der Waals surface area contributed by atoms with Crippen LogP contribution in [-0.2, 0) is 23.9 Å². The summed E-state index contributed by atoms with van der Waals surface area (Å²) in [4.78, 5) is 38.3. The van der Waals surface area contributed by atoms with E-state index < -0.39 is 35.0 Å². The number of aliphatic carboxylic acids is 1. The second kappa shape index (κ2) is 9.95. The van der Waals surface area contributed by atoms with Crippen molar-refractivity contribution < 1.29 is 29.0 Å². The van der Waals surface area contributed by atoms with Crippen LogP contribution < -0.4 is 11.5 Å². The van der Waals surface area contributed by atoms with Gasteiger partial charge in [-0.1, -0.05) is 48.5 Å². The van der Waals surface area contributed by atoms with Gasteiger partial charge in [-0.25, -0.2) is 9.59 Å². The van der Waals surface area contributed by atoms with E-state index in [0.29, 0.717) is 0 Å². The maximum atomic E-state index is 13.2. The van der Waals surface area contributed by atoms with Crippen LogP contribution in [0.2, 0.25) is 0 Å². The molecule has 34 heavy (non-hydrogen) atoms. The Labute approximate surface area is 199 Å². The van der Waals surface area contributed by atoms with E-state index in [4.69, 9.17) is 20.9 Å². The summed E-state index contributed by atoms with van der Waals surface area (Å²) in [5, 5.41) is 9.89. The maximum Gasteiger partial charge on any atom is 0.339 e. The maximum absolute atomic E-state index is 13.2. The molecule has 2 atom stereocenters. The standard InChI is InChI=1S/C26H32N2O6/c1-25(2,3)34-24(32)26(28,23(30)31)21(13-8-14-27)22(29)33-15-20-18-11-6-4-9-16(18)17-10-5-7-12-19(17)20/h4-7,9-12,20-21H,8,13-15,27-28H2,1-3H3,(H,30,31). The molecule has 0 saturated carbocycles. The van der Waals surface area contributed by atoms with Gasteiger partial charge in [-0.2, -0.15) is 0 Å². The van der Waals surface area contributed by atoms with Crippen molar-refractivity contribution in [1.82, 2.24) is 0 Å². The van der Waals surface area contributed by atoms with Crippen molar-refractivity contribution in [2.75, 3.05) is 13.2 Å². The highest BCUT2D eigenvalue weighted by atomic mass is 16.6. The number of carboxylic acid groups (broad SMARTS) is 1. The molecule has 0 amide bonds. The number of nitrogens with two attached hydrogens (primary N) is 2. The van der Waals surface area contributed by atoms with Crippen molar-refractivity contribution in [1.29, 1.82) is 0 Å². The van der Waals surface area contributed by atoms with Crippen LogP contribution in [0.4, 0.5) is 0 Å². The number of benzene rings is 2. The normalized spacial score (nSPS) is 15.6. The van der Waals surface area contributed by atoms with E-state index in [1.54, 1.807) is 20.8 Å². The summed E-state index contributed by atoms with van der Waals surface area (Å²) in [5.41, 5.74) is 12.2. The fourth-order valence-electron chi connectivity index (χ4n) is 4.30. The molecule has 2 aromatic rings. The topological polar surface area (TPSA) is 142 Å². The highest BCUT2D eigenvalue weighted by Crippen LogP contribution is 2.44. The zero-order chi connectivity index (χ0) is 25.1. The first-order chi connectivity index (χ1) is 16.0. The molecule has 8 heteroatoms. The van der Waals surface area contributed by atoms with E-state index in [9.17, 15) is 19.5 Å². The molecule has 3 rings (SSSR count). The van der Waals surface area contributed by atoms with Crippen LogP contribution in [0.25, 0.3) is 11.1 Å². The van der Waals surface area contributed by atoms with E-state index in [1.165, 1.54) is 0 Å². The highest BCUT2D eigenvalue weighted by molar-refractivity contribution is 6.07. The van der Waals surface area contributed by atoms with Gasteiger partial charge in [0.25, 0.3) is 0 Å². The van der Waals surface area contributed by atoms with Crippen LogP contribution in [0.5, 0.6) is 0 Å². The number of carbonyl (C=O) groups is 3. The molecule has 5 N–H and O–H groups in total. The molecule has 1 aliphatic carbocycles. The van der Waals surface area contributed by atoms with Gasteiger partial charge in [-0.05, 0) is 62.4 Å². The second-order valence-electron chi connectivity index (χ2n) is 9.52. The zero-order valence-corrected chi connectivity index (χ0v) is 19.7. The SMILES string of the molecule is CC(C)(C)OC(=O)C(N)(C(=O)O)C(CCCN)C(=O)OCC1c2ccccc2-c2ccccc21. The highest BCUT2D eigenvalue weighted by Gasteiger charge is 2.55. The molecule has 0 radical (unpaired) electrons. The van der Waals surface area contributed by atoms with Gasteiger partial charge in [-0.3, -0.25) is 4.79 Å². The summed E-state index contributed by atoms with van der Waals surface area (Å²) >= 11 is 0. The van der Waals surface area contributed by atoms with Crippen molar-refractivity contribution in [3.05, 3.63) is 59.7 Å². The third kappa shape index (κ3) is 4.98. The Balaban J connectivity index is 1.87. The van der Waals surface area contributed by atoms with Crippen molar-refractivity contribution >= 4 is 17.9 Å². The number of ether oxygens (including phenoxy) is 2. The average Bonchev–Trinajstić information content (AvgIpc) is 3.10. The Kier molecular flexibility index (Phi) is 7.43. The Hall–Kier alpha value is -3.23. The summed E-state index contributed by atoms with van der Waals surface area (Å²) in [6, 6.07) is 15.7. The molecule has 0 saturated heterocycles. The first kappa shape index (κ1) is 25.4. The predicted octanol–water partition coefficient (Wildman–Crippen LogP) is 2.82. The van der Waals surface area contributed by atoms with E-state index in [2.05, 4.69) is 0 Å². The van der Waals surface area contributed by atoms with Gasteiger partial charge in [0.2, 0.25) is 5.54 Å². The third-order valence-electron chi connectivity index (χ3n) is 5.98. The second-order valence-corrected chi connectivity index (χ2v) is 9.52. The quantitative estimate of drug-likeness (QED) is 0.377. The molecule has 2 unspecified atom stereocenters. The molecule has 182 valence electrons. The number of fused-ring (bicyclic) bond motifs is 3. The minimum atomic E-state index is -2.61. The van der Waals surface area contributed by atoms with E-state index >= 15 is 0 Å². The molecular formula is C26H32N2O6. The van der Waals surface area contributed by atoms with Crippen LogP contribution in [0, 0.1) is 5.92 Å². The molecule has 0 fully saturated rings.